The molecule has 1 aliphatic rings. The van der Waals surface area contributed by atoms with Crippen LogP contribution in [0.25, 0.3) is 33.4 Å². The number of aryl methyl sites for hydroxylation is 1. The van der Waals surface area contributed by atoms with E-state index in [1.165, 1.54) is 4.57 Å². The van der Waals surface area contributed by atoms with Gasteiger partial charge in [-0.15, -0.1) is 0 Å². The fourth-order valence-electron chi connectivity index (χ4n) is 4.75. The topological polar surface area (TPSA) is 132 Å². The summed E-state index contributed by atoms with van der Waals surface area (Å²) in [6.45, 7) is 2.72. The van der Waals surface area contributed by atoms with Crippen molar-refractivity contribution in [3.05, 3.63) is 63.9 Å². The van der Waals surface area contributed by atoms with E-state index >= 15 is 0 Å². The van der Waals surface area contributed by atoms with Gasteiger partial charge in [-0.05, 0) is 31.9 Å². The molecule has 1 unspecified atom stereocenters. The molecule has 1 aliphatic heterocycles. The molecule has 1 atom stereocenters. The number of rotatable bonds is 6. The molecule has 4 aromatic rings. The Labute approximate surface area is 218 Å². The van der Waals surface area contributed by atoms with Crippen LogP contribution in [0.15, 0.2) is 47.7 Å². The van der Waals surface area contributed by atoms with Crippen molar-refractivity contribution < 1.29 is 4.79 Å². The Balaban J connectivity index is 1.62. The van der Waals surface area contributed by atoms with Crippen molar-refractivity contribution in [3.63, 3.8) is 0 Å². The van der Waals surface area contributed by atoms with E-state index in [0.29, 0.717) is 51.9 Å². The van der Waals surface area contributed by atoms with Crippen LogP contribution in [-0.2, 0) is 11.3 Å². The fraction of sp³-hybridized carbons (Fsp3) is 0.308. The average molecular weight is 519 g/mol. The zero-order valence-electron chi connectivity index (χ0n) is 20.6. The normalized spacial score (nSPS) is 15.4. The molecule has 190 valence electrons. The number of nitrogens with zero attached hydrogens (tertiary/aromatic N) is 6. The maximum atomic E-state index is 13.8. The molecule has 0 aliphatic carbocycles. The molecule has 0 bridgehead atoms. The summed E-state index contributed by atoms with van der Waals surface area (Å²) < 4.78 is 1.40. The minimum atomic E-state index is -0.366. The summed E-state index contributed by atoms with van der Waals surface area (Å²) in [7, 11) is 1.69. The van der Waals surface area contributed by atoms with Gasteiger partial charge in [0.05, 0.1) is 17.6 Å². The number of anilines is 1. The number of hydrogen-bond donors (Lipinski definition) is 2. The van der Waals surface area contributed by atoms with Crippen LogP contribution >= 0.6 is 11.6 Å². The van der Waals surface area contributed by atoms with E-state index in [9.17, 15) is 9.59 Å². The molecule has 11 heteroatoms. The SMILES string of the molecule is CNc1ncc2cc(-c3ccc(-c4cncc(C)n4)cc3Cl)c(=O)n(CC(=O)N3CCCC3CN)c2n1. The molecule has 3 N–H and O–H groups in total. The van der Waals surface area contributed by atoms with Crippen LogP contribution in [0.3, 0.4) is 0 Å². The van der Waals surface area contributed by atoms with Gasteiger partial charge in [0, 0.05) is 65.7 Å². The van der Waals surface area contributed by atoms with Crippen molar-refractivity contribution in [2.75, 3.05) is 25.5 Å². The maximum absolute atomic E-state index is 13.8. The number of carbonyl (C=O) groups excluding carboxylic acids is 1. The first-order valence-electron chi connectivity index (χ1n) is 12.1. The predicted octanol–water partition coefficient (Wildman–Crippen LogP) is 2.87. The van der Waals surface area contributed by atoms with Gasteiger partial charge < -0.3 is 16.0 Å². The fourth-order valence-corrected chi connectivity index (χ4v) is 5.03. The molecule has 5 rings (SSSR count). The van der Waals surface area contributed by atoms with Crippen LogP contribution < -0.4 is 16.6 Å². The Bertz CT molecular complexity index is 1550. The first-order chi connectivity index (χ1) is 17.9. The van der Waals surface area contributed by atoms with E-state index < -0.39 is 0 Å². The highest BCUT2D eigenvalue weighted by atomic mass is 35.5. The summed E-state index contributed by atoms with van der Waals surface area (Å²) in [5.74, 6) is 0.182. The van der Waals surface area contributed by atoms with E-state index in [4.69, 9.17) is 17.3 Å². The largest absolute Gasteiger partial charge is 0.357 e. The van der Waals surface area contributed by atoms with E-state index in [-0.39, 0.29) is 24.1 Å². The smallest absolute Gasteiger partial charge is 0.260 e. The van der Waals surface area contributed by atoms with Crippen molar-refractivity contribution in [2.45, 2.75) is 32.4 Å². The number of aromatic nitrogens is 5. The number of nitrogens with one attached hydrogen (secondary N) is 1. The van der Waals surface area contributed by atoms with E-state index in [1.54, 1.807) is 48.7 Å². The number of halogens is 1. The van der Waals surface area contributed by atoms with E-state index in [1.807, 2.05) is 13.0 Å². The van der Waals surface area contributed by atoms with E-state index in [0.717, 1.165) is 24.1 Å². The molecular weight excluding hydrogens is 492 g/mol. The lowest BCUT2D eigenvalue weighted by molar-refractivity contribution is -0.132. The van der Waals surface area contributed by atoms with Gasteiger partial charge in [0.15, 0.2) is 0 Å². The summed E-state index contributed by atoms with van der Waals surface area (Å²) in [6.07, 6.45) is 6.72. The van der Waals surface area contributed by atoms with Gasteiger partial charge in [0.2, 0.25) is 11.9 Å². The first kappa shape index (κ1) is 24.8. The highest BCUT2D eigenvalue weighted by Gasteiger charge is 2.28. The zero-order chi connectivity index (χ0) is 26.1. The van der Waals surface area contributed by atoms with Crippen molar-refractivity contribution in [2.24, 2.45) is 5.73 Å². The number of carbonyl (C=O) groups is 1. The minimum Gasteiger partial charge on any atom is -0.357 e. The van der Waals surface area contributed by atoms with Crippen molar-refractivity contribution in [3.8, 4) is 22.4 Å². The Morgan fingerprint density at radius 1 is 1.19 bits per heavy atom. The molecule has 0 saturated carbocycles. The minimum absolute atomic E-state index is 0.0214. The summed E-state index contributed by atoms with van der Waals surface area (Å²) in [5.41, 5.74) is 9.03. The third-order valence-electron chi connectivity index (χ3n) is 6.62. The lowest BCUT2D eigenvalue weighted by Gasteiger charge is -2.24. The van der Waals surface area contributed by atoms with Gasteiger partial charge in [0.1, 0.15) is 12.2 Å². The molecule has 10 nitrogen and oxygen atoms in total. The van der Waals surface area contributed by atoms with Crippen molar-refractivity contribution >= 4 is 34.5 Å². The van der Waals surface area contributed by atoms with Gasteiger partial charge in [0.25, 0.3) is 5.56 Å². The first-order valence-corrected chi connectivity index (χ1v) is 12.4. The third kappa shape index (κ3) is 4.77. The number of fused-ring (bicyclic) bond motifs is 1. The second-order valence-electron chi connectivity index (χ2n) is 9.03. The number of benzene rings is 1. The second kappa shape index (κ2) is 10.2. The van der Waals surface area contributed by atoms with Gasteiger partial charge in [-0.25, -0.2) is 9.97 Å². The van der Waals surface area contributed by atoms with Gasteiger partial charge in [-0.1, -0.05) is 23.7 Å². The number of nitrogens with two attached hydrogens (primary N) is 1. The molecule has 37 heavy (non-hydrogen) atoms. The number of hydrogen-bond acceptors (Lipinski definition) is 8. The maximum Gasteiger partial charge on any atom is 0.260 e. The molecule has 1 saturated heterocycles. The molecule has 1 fully saturated rings. The second-order valence-corrected chi connectivity index (χ2v) is 9.44. The van der Waals surface area contributed by atoms with Crippen LogP contribution in [0.5, 0.6) is 0 Å². The summed E-state index contributed by atoms with van der Waals surface area (Å²) in [6, 6.07) is 7.08. The quantitative estimate of drug-likeness (QED) is 0.398. The predicted molar refractivity (Wildman–Crippen MR) is 143 cm³/mol. The van der Waals surface area contributed by atoms with Gasteiger partial charge in [-0.3, -0.25) is 19.1 Å². The third-order valence-corrected chi connectivity index (χ3v) is 6.94. The highest BCUT2D eigenvalue weighted by molar-refractivity contribution is 6.33. The molecule has 4 heterocycles. The Morgan fingerprint density at radius 3 is 2.76 bits per heavy atom. The lowest BCUT2D eigenvalue weighted by atomic mass is 10.0. The summed E-state index contributed by atoms with van der Waals surface area (Å²) in [4.78, 5) is 46.4. The lowest BCUT2D eigenvalue weighted by Crippen LogP contribution is -2.43. The van der Waals surface area contributed by atoms with Gasteiger partial charge >= 0.3 is 0 Å². The molecule has 0 spiro atoms. The Kier molecular flexibility index (Phi) is 6.86. The summed E-state index contributed by atoms with van der Waals surface area (Å²) >= 11 is 6.70. The van der Waals surface area contributed by atoms with Crippen LogP contribution in [0.2, 0.25) is 5.02 Å². The molecule has 1 aromatic carbocycles. The molecule has 3 aromatic heterocycles. The monoisotopic (exact) mass is 518 g/mol. The molecule has 0 radical (unpaired) electrons. The van der Waals surface area contributed by atoms with Crippen LogP contribution in [0, 0.1) is 6.92 Å². The van der Waals surface area contributed by atoms with Crippen molar-refractivity contribution in [1.29, 1.82) is 0 Å². The van der Waals surface area contributed by atoms with Crippen molar-refractivity contribution in [1.82, 2.24) is 29.4 Å². The molecule has 1 amide bonds. The van der Waals surface area contributed by atoms with E-state index in [2.05, 4.69) is 25.3 Å². The Hall–Kier alpha value is -3.89. The van der Waals surface area contributed by atoms with Crippen LogP contribution in [0.4, 0.5) is 5.95 Å². The van der Waals surface area contributed by atoms with Crippen LogP contribution in [-0.4, -0.2) is 61.5 Å². The number of pyridine rings is 1. The van der Waals surface area contributed by atoms with Crippen LogP contribution in [0.1, 0.15) is 18.5 Å². The highest BCUT2D eigenvalue weighted by Crippen LogP contribution is 2.31. The van der Waals surface area contributed by atoms with Gasteiger partial charge in [-0.2, -0.15) is 4.98 Å². The standard InChI is InChI=1S/C26H27ClN8O2/c1-15-11-30-13-22(32-15)16-5-6-19(21(27)9-16)20-8-17-12-31-26(29-2)33-24(17)35(25(20)37)14-23(36)34-7-3-4-18(34)10-28/h5-6,8-9,11-13,18H,3-4,7,10,14,28H2,1-2H3,(H,29,31,33). The summed E-state index contributed by atoms with van der Waals surface area (Å²) in [5, 5.41) is 3.88. The number of amides is 1. The average Bonchev–Trinajstić information content (AvgIpc) is 3.39. The number of likely N-dealkylation sites (tertiary alicyclic amines) is 1. The molecular formula is C26H27ClN8O2. The zero-order valence-corrected chi connectivity index (χ0v) is 21.4. The Morgan fingerprint density at radius 2 is 2.03 bits per heavy atom.